The van der Waals surface area contributed by atoms with Gasteiger partial charge in [-0.25, -0.2) is 10.4 Å². The Balaban J connectivity index is 1.81. The normalized spacial score (nSPS) is 23.9. The van der Waals surface area contributed by atoms with Crippen LogP contribution in [-0.2, 0) is 4.79 Å². The number of hydrogen-bond donors (Lipinski definition) is 7. The third-order valence-corrected chi connectivity index (χ3v) is 5.84. The monoisotopic (exact) mass is 480 g/mol. The van der Waals surface area contributed by atoms with Crippen molar-refractivity contribution in [3.05, 3.63) is 46.1 Å². The molecule has 5 atom stereocenters. The highest BCUT2D eigenvalue weighted by molar-refractivity contribution is 6.30. The van der Waals surface area contributed by atoms with Crippen LogP contribution in [0.15, 0.2) is 45.6 Å². The molecule has 0 fully saturated rings. The van der Waals surface area contributed by atoms with Gasteiger partial charge >= 0.3 is 0 Å². The number of Topliss-reactive ketones (excluding diaryl/α,β-unsaturated/α-hetero) is 1. The molecule has 1 aromatic rings. The van der Waals surface area contributed by atoms with Gasteiger partial charge in [-0.2, -0.15) is 5.10 Å². The molecular weight excluding hydrogens is 452 g/mol. The Kier molecular flexibility index (Phi) is 7.88. The number of aliphatic imine (C=N–C) groups is 1. The van der Waals surface area contributed by atoms with Crippen molar-refractivity contribution in [2.75, 3.05) is 6.61 Å². The van der Waals surface area contributed by atoms with E-state index in [1.807, 2.05) is 13.8 Å². The van der Waals surface area contributed by atoms with E-state index < -0.39 is 37.1 Å². The SMILES string of the molecule is CC1(C)CC(=O)C2=C(C1)NC(N/N=C/[C@H](O)[C@@H](O)[C@@H](O)[C@H](O)CO)=NC2c1ccc(Cl)cc1. The Bertz CT molecular complexity index is 962. The van der Waals surface area contributed by atoms with Gasteiger partial charge in [0, 0.05) is 22.7 Å². The van der Waals surface area contributed by atoms with E-state index in [0.717, 1.165) is 17.5 Å². The standard InChI is InChI=1S/C22H29ClN4O6/c1-22(2)7-13-17(14(29)8-22)18(11-3-5-12(23)6-4-11)26-21(25-13)27-24-9-15(30)19(32)20(33)16(31)10-28/h3-6,9,15-16,18-20,28,30-33H,7-8,10H2,1-2H3,(H2,25,26,27)/b24-9+/t15-,16+,18?,19+,20-/m0/s1. The maximum Gasteiger partial charge on any atom is 0.217 e. The summed E-state index contributed by atoms with van der Waals surface area (Å²) < 4.78 is 0. The molecule has 0 bridgehead atoms. The fraction of sp³-hybridized carbons (Fsp3) is 0.500. The Morgan fingerprint density at radius 2 is 1.88 bits per heavy atom. The third kappa shape index (κ3) is 5.97. The van der Waals surface area contributed by atoms with E-state index in [4.69, 9.17) is 16.7 Å². The number of halogens is 1. The molecule has 1 unspecified atom stereocenters. The molecular formula is C22H29ClN4O6. The first-order valence-corrected chi connectivity index (χ1v) is 10.9. The molecule has 0 saturated carbocycles. The molecule has 33 heavy (non-hydrogen) atoms. The summed E-state index contributed by atoms with van der Waals surface area (Å²) in [4.78, 5) is 17.5. The maximum absolute atomic E-state index is 13.0. The molecule has 1 heterocycles. The molecule has 10 nitrogen and oxygen atoms in total. The predicted octanol–water partition coefficient (Wildman–Crippen LogP) is -0.00520. The van der Waals surface area contributed by atoms with E-state index in [1.54, 1.807) is 24.3 Å². The Morgan fingerprint density at radius 3 is 2.52 bits per heavy atom. The van der Waals surface area contributed by atoms with Gasteiger partial charge in [0.2, 0.25) is 5.96 Å². The number of guanidine groups is 1. The van der Waals surface area contributed by atoms with Crippen LogP contribution in [0.3, 0.4) is 0 Å². The van der Waals surface area contributed by atoms with Crippen molar-refractivity contribution in [2.24, 2.45) is 15.5 Å². The fourth-order valence-corrected chi connectivity index (χ4v) is 4.00. The highest BCUT2D eigenvalue weighted by atomic mass is 35.5. The number of carbonyl (C=O) groups is 1. The molecule has 0 saturated heterocycles. The fourth-order valence-electron chi connectivity index (χ4n) is 3.88. The Labute approximate surface area is 196 Å². The first kappa shape index (κ1) is 25.3. The number of nitrogens with one attached hydrogen (secondary N) is 2. The molecule has 7 N–H and O–H groups in total. The van der Waals surface area contributed by atoms with Crippen molar-refractivity contribution in [1.82, 2.24) is 10.7 Å². The number of allylic oxidation sites excluding steroid dienone is 1. The molecule has 1 aliphatic carbocycles. The number of aliphatic hydroxyl groups is 5. The summed E-state index contributed by atoms with van der Waals surface area (Å²) in [5, 5.41) is 55.4. The lowest BCUT2D eigenvalue weighted by molar-refractivity contribution is -0.118. The second kappa shape index (κ2) is 10.3. The number of nitrogens with zero attached hydrogens (tertiary/aromatic N) is 2. The van der Waals surface area contributed by atoms with Crippen molar-refractivity contribution < 1.29 is 30.3 Å². The first-order valence-electron chi connectivity index (χ1n) is 10.5. The number of hydrogen-bond acceptors (Lipinski definition) is 10. The number of rotatable bonds is 7. The summed E-state index contributed by atoms with van der Waals surface area (Å²) in [6.07, 6.45) is -4.83. The average molecular weight is 481 g/mol. The van der Waals surface area contributed by atoms with Crippen molar-refractivity contribution in [3.63, 3.8) is 0 Å². The number of carbonyl (C=O) groups excluding carboxylic acids is 1. The minimum atomic E-state index is -1.77. The van der Waals surface area contributed by atoms with Crippen LogP contribution >= 0.6 is 11.6 Å². The van der Waals surface area contributed by atoms with Crippen LogP contribution < -0.4 is 10.7 Å². The van der Waals surface area contributed by atoms with Crippen LogP contribution in [0.5, 0.6) is 0 Å². The molecule has 180 valence electrons. The topological polar surface area (TPSA) is 167 Å². The van der Waals surface area contributed by atoms with Crippen LogP contribution in [0.4, 0.5) is 0 Å². The number of ketones is 1. The minimum absolute atomic E-state index is 0.00924. The molecule has 2 aliphatic rings. The van der Waals surface area contributed by atoms with E-state index in [1.165, 1.54) is 0 Å². The van der Waals surface area contributed by atoms with Gasteiger partial charge < -0.3 is 30.8 Å². The molecule has 0 spiro atoms. The van der Waals surface area contributed by atoms with Crippen LogP contribution in [0, 0.1) is 5.41 Å². The van der Waals surface area contributed by atoms with Gasteiger partial charge in [-0.1, -0.05) is 37.6 Å². The van der Waals surface area contributed by atoms with E-state index in [2.05, 4.69) is 20.8 Å². The second-order valence-electron chi connectivity index (χ2n) is 9.00. The predicted molar refractivity (Wildman–Crippen MR) is 123 cm³/mol. The van der Waals surface area contributed by atoms with Gasteiger partial charge in [0.1, 0.15) is 30.5 Å². The third-order valence-electron chi connectivity index (χ3n) is 5.59. The van der Waals surface area contributed by atoms with Crippen molar-refractivity contribution >= 4 is 29.6 Å². The molecule has 3 rings (SSSR count). The van der Waals surface area contributed by atoms with Crippen LogP contribution in [0.1, 0.15) is 38.3 Å². The molecule has 1 aliphatic heterocycles. The number of benzene rings is 1. The van der Waals surface area contributed by atoms with Crippen LogP contribution in [0.2, 0.25) is 5.02 Å². The minimum Gasteiger partial charge on any atom is -0.394 e. The van der Waals surface area contributed by atoms with Crippen LogP contribution in [0.25, 0.3) is 0 Å². The van der Waals surface area contributed by atoms with Gasteiger partial charge in [-0.15, -0.1) is 0 Å². The quantitative estimate of drug-likeness (QED) is 0.211. The summed E-state index contributed by atoms with van der Waals surface area (Å²) in [5.74, 6) is 0.239. The lowest BCUT2D eigenvalue weighted by atomic mass is 9.73. The summed E-state index contributed by atoms with van der Waals surface area (Å²) in [7, 11) is 0. The molecule has 11 heteroatoms. The van der Waals surface area contributed by atoms with Gasteiger partial charge in [0.15, 0.2) is 5.78 Å². The lowest BCUT2D eigenvalue weighted by Crippen LogP contribution is -2.47. The molecule has 0 amide bonds. The second-order valence-corrected chi connectivity index (χ2v) is 9.44. The largest absolute Gasteiger partial charge is 0.394 e. The zero-order chi connectivity index (χ0) is 24.3. The first-order chi connectivity index (χ1) is 15.5. The van der Waals surface area contributed by atoms with E-state index in [9.17, 15) is 25.2 Å². The highest BCUT2D eigenvalue weighted by Gasteiger charge is 2.39. The van der Waals surface area contributed by atoms with Gasteiger partial charge in [0.05, 0.1) is 12.8 Å². The zero-order valence-electron chi connectivity index (χ0n) is 18.3. The Morgan fingerprint density at radius 1 is 1.21 bits per heavy atom. The van der Waals surface area contributed by atoms with Gasteiger partial charge in [-0.3, -0.25) is 4.79 Å². The van der Waals surface area contributed by atoms with Gasteiger partial charge in [0.25, 0.3) is 0 Å². The maximum atomic E-state index is 13.0. The molecule has 1 aromatic carbocycles. The smallest absolute Gasteiger partial charge is 0.217 e. The lowest BCUT2D eigenvalue weighted by Gasteiger charge is -2.37. The van der Waals surface area contributed by atoms with E-state index >= 15 is 0 Å². The van der Waals surface area contributed by atoms with E-state index in [-0.39, 0.29) is 17.2 Å². The van der Waals surface area contributed by atoms with Crippen molar-refractivity contribution in [1.29, 1.82) is 0 Å². The summed E-state index contributed by atoms with van der Waals surface area (Å²) in [6, 6.07) is 6.47. The van der Waals surface area contributed by atoms with Crippen LogP contribution in [-0.4, -0.2) is 74.5 Å². The Hall–Kier alpha value is -2.34. The number of aliphatic hydroxyl groups excluding tert-OH is 5. The highest BCUT2D eigenvalue weighted by Crippen LogP contribution is 2.42. The summed E-state index contributed by atoms with van der Waals surface area (Å²) in [5.41, 5.74) is 4.51. The van der Waals surface area contributed by atoms with Crippen molar-refractivity contribution in [2.45, 2.75) is 57.1 Å². The number of hydrazone groups is 1. The molecule has 0 aromatic heterocycles. The van der Waals surface area contributed by atoms with Gasteiger partial charge in [-0.05, 0) is 29.5 Å². The zero-order valence-corrected chi connectivity index (χ0v) is 19.1. The van der Waals surface area contributed by atoms with Crippen molar-refractivity contribution in [3.8, 4) is 0 Å². The summed E-state index contributed by atoms with van der Waals surface area (Å²) in [6.45, 7) is 3.24. The average Bonchev–Trinajstić information content (AvgIpc) is 2.76. The summed E-state index contributed by atoms with van der Waals surface area (Å²) >= 11 is 6.01. The molecule has 0 radical (unpaired) electrons. The van der Waals surface area contributed by atoms with E-state index in [0.29, 0.717) is 23.4 Å².